The number of nitro benzene ring substituents is 1. The molecule has 0 atom stereocenters. The Hall–Kier alpha value is -1.92. The van der Waals surface area contributed by atoms with Crippen molar-refractivity contribution in [3.63, 3.8) is 0 Å². The lowest BCUT2D eigenvalue weighted by molar-refractivity contribution is -0.384. The SMILES string of the molecule is CNCc1ncc(-c2ccc(Cl)cc2[N+](=O)[O-])o1. The molecule has 0 aliphatic heterocycles. The Bertz CT molecular complexity index is 583. The van der Waals surface area contributed by atoms with E-state index >= 15 is 0 Å². The first kappa shape index (κ1) is 12.5. The zero-order chi connectivity index (χ0) is 13.1. The number of nitro groups is 1. The van der Waals surface area contributed by atoms with Crippen LogP contribution in [0.4, 0.5) is 5.69 Å². The third kappa shape index (κ3) is 2.49. The van der Waals surface area contributed by atoms with Crippen molar-refractivity contribution in [3.05, 3.63) is 45.4 Å². The zero-order valence-electron chi connectivity index (χ0n) is 9.51. The number of halogens is 1. The van der Waals surface area contributed by atoms with E-state index in [1.54, 1.807) is 19.2 Å². The van der Waals surface area contributed by atoms with Gasteiger partial charge in [0.15, 0.2) is 5.76 Å². The number of rotatable bonds is 4. The maximum Gasteiger partial charge on any atom is 0.281 e. The molecule has 0 saturated carbocycles. The molecule has 18 heavy (non-hydrogen) atoms. The van der Waals surface area contributed by atoms with Crippen LogP contribution in [-0.4, -0.2) is 17.0 Å². The van der Waals surface area contributed by atoms with Crippen LogP contribution in [0, 0.1) is 10.1 Å². The Kier molecular flexibility index (Phi) is 3.59. The maximum atomic E-state index is 11.0. The van der Waals surface area contributed by atoms with Gasteiger partial charge in [-0.1, -0.05) is 11.6 Å². The maximum absolute atomic E-state index is 11.0. The van der Waals surface area contributed by atoms with E-state index in [4.69, 9.17) is 16.0 Å². The van der Waals surface area contributed by atoms with Crippen molar-refractivity contribution in [2.45, 2.75) is 6.54 Å². The fourth-order valence-electron chi connectivity index (χ4n) is 1.53. The van der Waals surface area contributed by atoms with Gasteiger partial charge in [-0.15, -0.1) is 0 Å². The summed E-state index contributed by atoms with van der Waals surface area (Å²) < 4.78 is 5.42. The summed E-state index contributed by atoms with van der Waals surface area (Å²) in [5.41, 5.74) is 0.258. The van der Waals surface area contributed by atoms with Gasteiger partial charge in [0.25, 0.3) is 5.69 Å². The topological polar surface area (TPSA) is 81.2 Å². The zero-order valence-corrected chi connectivity index (χ0v) is 10.3. The first-order valence-electron chi connectivity index (χ1n) is 5.15. The first-order chi connectivity index (χ1) is 8.61. The minimum absolute atomic E-state index is 0.102. The highest BCUT2D eigenvalue weighted by Crippen LogP contribution is 2.32. The quantitative estimate of drug-likeness (QED) is 0.680. The lowest BCUT2D eigenvalue weighted by Gasteiger charge is -1.99. The molecule has 6 nitrogen and oxygen atoms in total. The monoisotopic (exact) mass is 267 g/mol. The van der Waals surface area contributed by atoms with Crippen molar-refractivity contribution >= 4 is 17.3 Å². The number of oxazole rings is 1. The van der Waals surface area contributed by atoms with Gasteiger partial charge in [-0.25, -0.2) is 4.98 Å². The highest BCUT2D eigenvalue weighted by atomic mass is 35.5. The third-order valence-corrected chi connectivity index (χ3v) is 2.54. The van der Waals surface area contributed by atoms with Crippen molar-refractivity contribution in [3.8, 4) is 11.3 Å². The normalized spacial score (nSPS) is 10.6. The van der Waals surface area contributed by atoms with Crippen LogP contribution in [0.3, 0.4) is 0 Å². The molecule has 0 aliphatic carbocycles. The van der Waals surface area contributed by atoms with Crippen LogP contribution < -0.4 is 5.32 Å². The van der Waals surface area contributed by atoms with Crippen molar-refractivity contribution in [1.82, 2.24) is 10.3 Å². The van der Waals surface area contributed by atoms with Crippen LogP contribution in [-0.2, 0) is 6.54 Å². The summed E-state index contributed by atoms with van der Waals surface area (Å²) in [6.07, 6.45) is 1.46. The van der Waals surface area contributed by atoms with Gasteiger partial charge in [-0.2, -0.15) is 0 Å². The number of benzene rings is 1. The molecule has 2 rings (SSSR count). The van der Waals surface area contributed by atoms with Gasteiger partial charge < -0.3 is 9.73 Å². The third-order valence-electron chi connectivity index (χ3n) is 2.30. The molecule has 7 heteroatoms. The molecule has 94 valence electrons. The van der Waals surface area contributed by atoms with E-state index < -0.39 is 4.92 Å². The summed E-state index contributed by atoms with van der Waals surface area (Å²) in [6, 6.07) is 4.41. The second kappa shape index (κ2) is 5.16. The molecule has 2 aromatic rings. The summed E-state index contributed by atoms with van der Waals surface area (Å²) in [6.45, 7) is 0.460. The number of hydrogen-bond acceptors (Lipinski definition) is 5. The van der Waals surface area contributed by atoms with Crippen molar-refractivity contribution in [2.24, 2.45) is 0 Å². The smallest absolute Gasteiger partial charge is 0.281 e. The lowest BCUT2D eigenvalue weighted by Crippen LogP contribution is -2.04. The van der Waals surface area contributed by atoms with Crippen LogP contribution >= 0.6 is 11.6 Å². The van der Waals surface area contributed by atoms with E-state index in [2.05, 4.69) is 10.3 Å². The van der Waals surface area contributed by atoms with Crippen LogP contribution in [0.1, 0.15) is 5.89 Å². The van der Waals surface area contributed by atoms with Crippen LogP contribution in [0.5, 0.6) is 0 Å². The number of hydrogen-bond donors (Lipinski definition) is 1. The van der Waals surface area contributed by atoms with Gasteiger partial charge >= 0.3 is 0 Å². The van der Waals surface area contributed by atoms with Crippen LogP contribution in [0.15, 0.2) is 28.8 Å². The van der Waals surface area contributed by atoms with E-state index in [9.17, 15) is 10.1 Å². The molecule has 0 saturated heterocycles. The molecule has 0 spiro atoms. The van der Waals surface area contributed by atoms with Gasteiger partial charge in [0, 0.05) is 11.1 Å². The van der Waals surface area contributed by atoms with Crippen molar-refractivity contribution in [2.75, 3.05) is 7.05 Å². The Labute approximate surface area is 108 Å². The average Bonchev–Trinajstić information content (AvgIpc) is 2.78. The van der Waals surface area contributed by atoms with E-state index in [-0.39, 0.29) is 5.69 Å². The van der Waals surface area contributed by atoms with Gasteiger partial charge in [-0.3, -0.25) is 10.1 Å². The molecule has 1 aromatic carbocycles. The average molecular weight is 268 g/mol. The molecular weight excluding hydrogens is 258 g/mol. The standard InChI is InChI=1S/C11H10ClN3O3/c1-13-6-11-14-5-10(18-11)8-3-2-7(12)4-9(8)15(16)17/h2-5,13H,6H2,1H3. The number of nitrogens with one attached hydrogen (secondary N) is 1. The highest BCUT2D eigenvalue weighted by molar-refractivity contribution is 6.30. The molecule has 0 amide bonds. The van der Waals surface area contributed by atoms with E-state index in [1.807, 2.05) is 0 Å². The summed E-state index contributed by atoms with van der Waals surface area (Å²) >= 11 is 5.74. The summed E-state index contributed by atoms with van der Waals surface area (Å²) in [5.74, 6) is 0.820. The molecular formula is C11H10ClN3O3. The van der Waals surface area contributed by atoms with E-state index in [0.29, 0.717) is 28.8 Å². The fraction of sp³-hybridized carbons (Fsp3) is 0.182. The molecule has 1 N–H and O–H groups in total. The first-order valence-corrected chi connectivity index (χ1v) is 5.53. The minimum atomic E-state index is -0.499. The van der Waals surface area contributed by atoms with Gasteiger partial charge in [0.2, 0.25) is 5.89 Å². The van der Waals surface area contributed by atoms with Gasteiger partial charge in [0.05, 0.1) is 23.2 Å². The largest absolute Gasteiger partial charge is 0.439 e. The molecule has 1 aromatic heterocycles. The van der Waals surface area contributed by atoms with Crippen molar-refractivity contribution < 1.29 is 9.34 Å². The molecule has 0 bridgehead atoms. The fourth-order valence-corrected chi connectivity index (χ4v) is 1.70. The van der Waals surface area contributed by atoms with Gasteiger partial charge in [-0.05, 0) is 19.2 Å². The predicted molar refractivity (Wildman–Crippen MR) is 66.4 cm³/mol. The van der Waals surface area contributed by atoms with Crippen LogP contribution in [0.2, 0.25) is 5.02 Å². The van der Waals surface area contributed by atoms with E-state index in [1.165, 1.54) is 12.3 Å². The van der Waals surface area contributed by atoms with Crippen molar-refractivity contribution in [1.29, 1.82) is 0 Å². The molecule has 0 aliphatic rings. The minimum Gasteiger partial charge on any atom is -0.439 e. The second-order valence-electron chi connectivity index (χ2n) is 3.57. The summed E-state index contributed by atoms with van der Waals surface area (Å²) in [5, 5.41) is 14.1. The number of aromatic nitrogens is 1. The predicted octanol–water partition coefficient (Wildman–Crippen LogP) is 2.62. The second-order valence-corrected chi connectivity index (χ2v) is 4.00. The Morgan fingerprint density at radius 3 is 3.00 bits per heavy atom. The summed E-state index contributed by atoms with van der Waals surface area (Å²) in [7, 11) is 1.76. The Morgan fingerprint density at radius 1 is 1.56 bits per heavy atom. The molecule has 0 radical (unpaired) electrons. The number of nitrogens with zero attached hydrogens (tertiary/aromatic N) is 2. The summed E-state index contributed by atoms with van der Waals surface area (Å²) in [4.78, 5) is 14.5. The highest BCUT2D eigenvalue weighted by Gasteiger charge is 2.19. The molecule has 0 unspecified atom stereocenters. The van der Waals surface area contributed by atoms with E-state index in [0.717, 1.165) is 0 Å². The Morgan fingerprint density at radius 2 is 2.33 bits per heavy atom. The molecule has 0 fully saturated rings. The molecule has 1 heterocycles. The van der Waals surface area contributed by atoms with Crippen LogP contribution in [0.25, 0.3) is 11.3 Å². The lowest BCUT2D eigenvalue weighted by atomic mass is 10.1. The van der Waals surface area contributed by atoms with Gasteiger partial charge in [0.1, 0.15) is 0 Å². The Balaban J connectivity index is 2.45.